The van der Waals surface area contributed by atoms with Crippen LogP contribution in [0.15, 0.2) is 34.8 Å². The molecule has 2 aromatic carbocycles. The Hall–Kier alpha value is -1.23. The molecule has 0 saturated carbocycles. The average Bonchev–Trinajstić information content (AvgIpc) is 2.76. The van der Waals surface area contributed by atoms with Crippen LogP contribution in [0.2, 0.25) is 10.0 Å². The van der Waals surface area contributed by atoms with E-state index in [1.54, 1.807) is 6.07 Å². The Morgan fingerprint density at radius 3 is 2.79 bits per heavy atom. The number of fused-ring (bicyclic) bond motifs is 1. The van der Waals surface area contributed by atoms with E-state index >= 15 is 0 Å². The number of halogens is 3. The molecule has 0 saturated heterocycles. The lowest BCUT2D eigenvalue weighted by Gasteiger charge is -2.01. The smallest absolute Gasteiger partial charge is 0.140 e. The van der Waals surface area contributed by atoms with Gasteiger partial charge < -0.3 is 10.7 Å². The highest BCUT2D eigenvalue weighted by atomic mass is 79.9. The molecular formula is C13H8BrCl2N3. The molecule has 0 unspecified atom stereocenters. The van der Waals surface area contributed by atoms with Crippen molar-refractivity contribution in [3.05, 3.63) is 44.8 Å². The van der Waals surface area contributed by atoms with Crippen LogP contribution in [-0.2, 0) is 0 Å². The molecule has 0 atom stereocenters. The van der Waals surface area contributed by atoms with Gasteiger partial charge >= 0.3 is 0 Å². The van der Waals surface area contributed by atoms with E-state index in [0.29, 0.717) is 27.1 Å². The van der Waals surface area contributed by atoms with Crippen molar-refractivity contribution in [1.82, 2.24) is 9.97 Å². The lowest BCUT2D eigenvalue weighted by atomic mass is 10.2. The highest BCUT2D eigenvalue weighted by Gasteiger charge is 2.12. The van der Waals surface area contributed by atoms with E-state index in [1.165, 1.54) is 0 Å². The van der Waals surface area contributed by atoms with Crippen molar-refractivity contribution in [3.63, 3.8) is 0 Å². The molecule has 0 fully saturated rings. The summed E-state index contributed by atoms with van der Waals surface area (Å²) in [5, 5.41) is 0.967. The van der Waals surface area contributed by atoms with E-state index in [2.05, 4.69) is 25.9 Å². The Kier molecular flexibility index (Phi) is 3.17. The maximum Gasteiger partial charge on any atom is 0.140 e. The normalized spacial score (nSPS) is 11.1. The Morgan fingerprint density at radius 2 is 2.00 bits per heavy atom. The molecule has 3 nitrogen and oxygen atoms in total. The summed E-state index contributed by atoms with van der Waals surface area (Å²) in [6.45, 7) is 0. The third-order valence-electron chi connectivity index (χ3n) is 2.79. The van der Waals surface area contributed by atoms with Crippen molar-refractivity contribution >= 4 is 55.9 Å². The standard InChI is InChI=1S/C13H8BrCl2N3/c14-6-4-9(17)12-10(5-6)18-13(19-12)7-2-1-3-8(15)11(7)16/h1-5H,17H2,(H,18,19). The monoisotopic (exact) mass is 355 g/mol. The number of nitrogens with zero attached hydrogens (tertiary/aromatic N) is 1. The van der Waals surface area contributed by atoms with E-state index in [1.807, 2.05) is 24.3 Å². The summed E-state index contributed by atoms with van der Waals surface area (Å²) in [6, 6.07) is 9.15. The van der Waals surface area contributed by atoms with Gasteiger partial charge in [0.1, 0.15) is 11.3 Å². The Morgan fingerprint density at radius 1 is 1.21 bits per heavy atom. The quantitative estimate of drug-likeness (QED) is 0.610. The van der Waals surface area contributed by atoms with Crippen LogP contribution in [0, 0.1) is 0 Å². The molecule has 0 bridgehead atoms. The summed E-state index contributed by atoms with van der Waals surface area (Å²) in [7, 11) is 0. The molecule has 0 radical (unpaired) electrons. The molecule has 0 aliphatic rings. The van der Waals surface area contributed by atoms with Crippen LogP contribution < -0.4 is 5.73 Å². The summed E-state index contributed by atoms with van der Waals surface area (Å²) in [5.74, 6) is 0.646. The summed E-state index contributed by atoms with van der Waals surface area (Å²) in [5.41, 5.74) is 8.86. The first-order valence-corrected chi connectivity index (χ1v) is 7.00. The predicted octanol–water partition coefficient (Wildman–Crippen LogP) is 4.88. The maximum absolute atomic E-state index is 6.19. The van der Waals surface area contributed by atoms with Gasteiger partial charge in [-0.1, -0.05) is 45.2 Å². The molecule has 96 valence electrons. The number of anilines is 1. The van der Waals surface area contributed by atoms with Crippen molar-refractivity contribution < 1.29 is 0 Å². The van der Waals surface area contributed by atoms with Gasteiger partial charge in [-0.05, 0) is 24.3 Å². The van der Waals surface area contributed by atoms with Gasteiger partial charge in [0.2, 0.25) is 0 Å². The van der Waals surface area contributed by atoms with Gasteiger partial charge in [0.15, 0.2) is 0 Å². The Labute approximate surface area is 127 Å². The van der Waals surface area contributed by atoms with Gasteiger partial charge in [0.25, 0.3) is 0 Å². The molecule has 0 spiro atoms. The SMILES string of the molecule is Nc1cc(Br)cc2[nH]c(-c3cccc(Cl)c3Cl)nc12. The predicted molar refractivity (Wildman–Crippen MR) is 83.7 cm³/mol. The first-order valence-electron chi connectivity index (χ1n) is 5.45. The fraction of sp³-hybridized carbons (Fsp3) is 0. The number of hydrogen-bond acceptors (Lipinski definition) is 2. The topological polar surface area (TPSA) is 54.7 Å². The largest absolute Gasteiger partial charge is 0.397 e. The van der Waals surface area contributed by atoms with E-state index in [4.69, 9.17) is 28.9 Å². The average molecular weight is 357 g/mol. The van der Waals surface area contributed by atoms with Crippen molar-refractivity contribution in [2.45, 2.75) is 0 Å². The number of nitrogen functional groups attached to an aromatic ring is 1. The minimum atomic E-state index is 0.473. The Bertz CT molecular complexity index is 783. The number of aromatic nitrogens is 2. The molecule has 1 aromatic heterocycles. The van der Waals surface area contributed by atoms with E-state index < -0.39 is 0 Å². The number of hydrogen-bond donors (Lipinski definition) is 2. The fourth-order valence-corrected chi connectivity index (χ4v) is 2.79. The molecule has 3 aromatic rings. The second-order valence-electron chi connectivity index (χ2n) is 4.08. The minimum Gasteiger partial charge on any atom is -0.397 e. The Balaban J connectivity index is 2.26. The van der Waals surface area contributed by atoms with Crippen LogP contribution in [0.5, 0.6) is 0 Å². The van der Waals surface area contributed by atoms with Gasteiger partial charge in [-0.2, -0.15) is 0 Å². The van der Waals surface area contributed by atoms with Crippen LogP contribution in [0.1, 0.15) is 0 Å². The number of nitrogens with one attached hydrogen (secondary N) is 1. The molecule has 3 N–H and O–H groups in total. The highest BCUT2D eigenvalue weighted by Crippen LogP contribution is 2.34. The number of benzene rings is 2. The molecule has 19 heavy (non-hydrogen) atoms. The number of nitrogens with two attached hydrogens (primary N) is 1. The maximum atomic E-state index is 6.19. The number of imidazole rings is 1. The summed E-state index contributed by atoms with van der Waals surface area (Å²) >= 11 is 15.6. The first-order chi connectivity index (χ1) is 9.06. The zero-order valence-corrected chi connectivity index (χ0v) is 12.6. The van der Waals surface area contributed by atoms with Crippen molar-refractivity contribution in [2.24, 2.45) is 0 Å². The van der Waals surface area contributed by atoms with Gasteiger partial charge in [-0.15, -0.1) is 0 Å². The van der Waals surface area contributed by atoms with Crippen molar-refractivity contribution in [1.29, 1.82) is 0 Å². The molecule has 0 aliphatic carbocycles. The lowest BCUT2D eigenvalue weighted by Crippen LogP contribution is -1.86. The molecule has 0 amide bonds. The van der Waals surface area contributed by atoms with Gasteiger partial charge in [-0.3, -0.25) is 0 Å². The summed E-state index contributed by atoms with van der Waals surface area (Å²) < 4.78 is 0.893. The summed E-state index contributed by atoms with van der Waals surface area (Å²) in [4.78, 5) is 7.68. The summed E-state index contributed by atoms with van der Waals surface area (Å²) in [6.07, 6.45) is 0. The second-order valence-corrected chi connectivity index (χ2v) is 5.78. The van der Waals surface area contributed by atoms with Gasteiger partial charge in [0.05, 0.1) is 21.2 Å². The van der Waals surface area contributed by atoms with Crippen LogP contribution in [-0.4, -0.2) is 9.97 Å². The molecule has 6 heteroatoms. The van der Waals surface area contributed by atoms with Crippen LogP contribution in [0.3, 0.4) is 0 Å². The zero-order valence-electron chi connectivity index (χ0n) is 9.55. The number of aromatic amines is 1. The first kappa shape index (κ1) is 12.8. The van der Waals surface area contributed by atoms with E-state index in [9.17, 15) is 0 Å². The van der Waals surface area contributed by atoms with Crippen LogP contribution >= 0.6 is 39.1 Å². The van der Waals surface area contributed by atoms with Crippen LogP contribution in [0.25, 0.3) is 22.4 Å². The lowest BCUT2D eigenvalue weighted by molar-refractivity contribution is 1.34. The van der Waals surface area contributed by atoms with E-state index in [0.717, 1.165) is 15.6 Å². The van der Waals surface area contributed by atoms with E-state index in [-0.39, 0.29) is 0 Å². The van der Waals surface area contributed by atoms with Gasteiger partial charge in [-0.25, -0.2) is 4.98 Å². The molecule has 1 heterocycles. The van der Waals surface area contributed by atoms with Crippen LogP contribution in [0.4, 0.5) is 5.69 Å². The second kappa shape index (κ2) is 4.71. The third-order valence-corrected chi connectivity index (χ3v) is 4.06. The van der Waals surface area contributed by atoms with Crippen molar-refractivity contribution in [2.75, 3.05) is 5.73 Å². The minimum absolute atomic E-state index is 0.473. The highest BCUT2D eigenvalue weighted by molar-refractivity contribution is 9.10. The zero-order chi connectivity index (χ0) is 13.6. The van der Waals surface area contributed by atoms with Gasteiger partial charge in [0, 0.05) is 10.0 Å². The van der Waals surface area contributed by atoms with Crippen molar-refractivity contribution in [3.8, 4) is 11.4 Å². The molecule has 0 aliphatic heterocycles. The number of rotatable bonds is 1. The molecular weight excluding hydrogens is 349 g/mol. The number of H-pyrrole nitrogens is 1. The fourth-order valence-electron chi connectivity index (χ4n) is 1.92. The molecule has 3 rings (SSSR count). The third kappa shape index (κ3) is 2.20.